The SMILES string of the molecule is CC(C)C[C@@H]1NC(=O)[C@H](CCN)NC(=O)[C@H](Cc2ccccc2)N(C)C(=O)[C@H](C)N(C)C(=O)[C@H](CCCNC(=N)N)NC(=O)[C@H](Cc2ccc(-c3ccccc3)cc2)NC(=O)[C@H](C(C)C)NC(=O)[C@H](Cc2c[nH]c3ccccc23)NC(=O)[C@H](CC(=O)O)NC(=O)[C@H](Cc2ccc(O)cc2)NC(=O)[C@H](Cc2cnc[nH]2)NC(=O)CSC[C@@H](C(=O)N[C@@H](C)C(N)=O)NC(=O)[C@H](CO)NC(=O)[C@H](C(C)C)NC1=O. The molecule has 2 aromatic heterocycles. The first-order chi connectivity index (χ1) is 66.5. The highest BCUT2D eigenvalue weighted by Crippen LogP contribution is 2.25. The molecule has 8 rings (SSSR count). The summed E-state index contributed by atoms with van der Waals surface area (Å²) in [6.45, 7) is 10.9. The zero-order valence-electron chi connectivity index (χ0n) is 79.7. The number of likely N-dealkylation sites (N-methyl/N-ethyl adjacent to an activating group) is 2. The number of aliphatic hydroxyl groups excluding tert-OH is 1. The van der Waals surface area contributed by atoms with E-state index >= 15 is 38.4 Å². The molecule has 43 nitrogen and oxygen atoms in total. The number of nitrogens with one attached hydrogen (secondary N) is 17. The molecular formula is C96H129N23O20S. The number of hydrogen-bond donors (Lipinski definition) is 23. The Morgan fingerprint density at radius 1 is 0.514 bits per heavy atom. The predicted octanol–water partition coefficient (Wildman–Crippen LogP) is -1.56. The number of para-hydroxylation sites is 1. The third kappa shape index (κ3) is 33.5. The number of benzene rings is 5. The Kier molecular flexibility index (Phi) is 42.4. The van der Waals surface area contributed by atoms with Crippen LogP contribution in [0.1, 0.15) is 115 Å². The van der Waals surface area contributed by atoms with E-state index in [1.807, 2.05) is 30.3 Å². The first-order valence-electron chi connectivity index (χ1n) is 46.0. The Hall–Kier alpha value is -14.8. The number of fused-ring (bicyclic) bond motifs is 1. The van der Waals surface area contributed by atoms with Crippen LogP contribution in [0.5, 0.6) is 5.75 Å². The molecule has 1 aliphatic heterocycles. The van der Waals surface area contributed by atoms with Gasteiger partial charge in [0.05, 0.1) is 25.1 Å². The molecule has 44 heteroatoms. The number of phenolic OH excluding ortho intramolecular Hbond substituents is 1. The Balaban J connectivity index is 1.22. The summed E-state index contributed by atoms with van der Waals surface area (Å²) in [7, 11) is 2.59. The number of aliphatic hydroxyl groups is 1. The number of carboxylic acid groups (broad SMARTS) is 1. The number of primary amides is 1. The zero-order valence-corrected chi connectivity index (χ0v) is 80.5. The highest BCUT2D eigenvalue weighted by molar-refractivity contribution is 8.00. The standard InChI is InChI=1S/C96H129N23O20S/c1-51(2)38-68-87(131)116-80(53(5)6)93(137)114-74(47-120)89(133)115-75(90(134)105-54(7)81(98)125)48-140-49-77(122)106-72(43-62-46-101-50-104-62)85(129)110-69(40-58-29-33-63(121)34-30-58)84(128)112-73(44-78(123)124)86(130)111-71(42-61-45-103-65-25-18-17-24-64(61)65)88(132)117-79(52(3)4)92(136)113-70(39-57-27-31-60(32-28-57)59-22-15-12-16-23-59)83(127)108-67(26-19-37-102-96(99)100)95(139)118(9)55(8)94(138)119(10)76(41-56-20-13-11-14-21-56)91(135)107-66(35-36-97)82(126)109-68/h11-18,20-25,27-34,45-46,50-55,66-76,79-80,103,120-121H,19,26,35-44,47-49,97H2,1-10H3,(H2,98,125)(H,101,104)(H,105,134)(H,106,122)(H,107,135)(H,108,127)(H,109,126)(H,110,129)(H,111,130)(H,112,128)(H,113,136)(H,114,137)(H,115,133)(H,116,131)(H,117,132)(H,123,124)(H4,99,100,102)/t54-,55-,66-,67-,68-,69-,70-,71-,72-,73-,74-,75-,76-,79-,80-/m0/s1. The molecule has 1 saturated heterocycles. The molecule has 5 aromatic carbocycles. The number of aromatic nitrogens is 3. The lowest BCUT2D eigenvalue weighted by molar-refractivity contribution is -0.148. The van der Waals surface area contributed by atoms with E-state index in [2.05, 4.69) is 89.4 Å². The third-order valence-corrected chi connectivity index (χ3v) is 24.5. The van der Waals surface area contributed by atoms with E-state index in [9.17, 15) is 58.5 Å². The summed E-state index contributed by atoms with van der Waals surface area (Å²) in [6.07, 6.45) is 0.825. The van der Waals surface area contributed by atoms with Crippen molar-refractivity contribution in [3.63, 3.8) is 0 Å². The number of carbonyl (C=O) groups excluding carboxylic acids is 16. The number of hydrogen-bond acceptors (Lipinski definition) is 23. The van der Waals surface area contributed by atoms with Gasteiger partial charge in [-0.05, 0) is 115 Å². The molecule has 1 fully saturated rings. The van der Waals surface area contributed by atoms with Crippen LogP contribution in [0.4, 0.5) is 0 Å². The maximum Gasteiger partial charge on any atom is 0.305 e. The van der Waals surface area contributed by atoms with Crippen LogP contribution in [0.25, 0.3) is 22.0 Å². The molecule has 0 spiro atoms. The average molecular weight is 1960 g/mol. The number of H-pyrrole nitrogens is 2. The van der Waals surface area contributed by atoms with Crippen molar-refractivity contribution < 1.29 is 96.8 Å². The fourth-order valence-corrected chi connectivity index (χ4v) is 16.3. The number of aromatic hydroxyl groups is 1. The van der Waals surface area contributed by atoms with Gasteiger partial charge in [-0.3, -0.25) is 86.9 Å². The van der Waals surface area contributed by atoms with E-state index in [0.717, 1.165) is 20.9 Å². The van der Waals surface area contributed by atoms with Gasteiger partial charge in [0.25, 0.3) is 0 Å². The molecule has 754 valence electrons. The Morgan fingerprint density at radius 3 is 1.56 bits per heavy atom. The fourth-order valence-electron chi connectivity index (χ4n) is 15.4. The zero-order chi connectivity index (χ0) is 103. The molecule has 0 unspecified atom stereocenters. The maximum atomic E-state index is 15.6. The summed E-state index contributed by atoms with van der Waals surface area (Å²) in [5, 5.41) is 76.6. The fraction of sp³-hybridized carbons (Fsp3) is 0.448. The highest BCUT2D eigenvalue weighted by Gasteiger charge is 2.42. The third-order valence-electron chi connectivity index (χ3n) is 23.5. The number of rotatable bonds is 27. The monoisotopic (exact) mass is 1960 g/mol. The number of phenols is 1. The smallest absolute Gasteiger partial charge is 0.305 e. The summed E-state index contributed by atoms with van der Waals surface area (Å²) < 4.78 is 0. The molecule has 0 aliphatic carbocycles. The van der Waals surface area contributed by atoms with Crippen molar-refractivity contribution in [3.8, 4) is 16.9 Å². The molecule has 1 aliphatic rings. The van der Waals surface area contributed by atoms with E-state index < -0.39 is 240 Å². The summed E-state index contributed by atoms with van der Waals surface area (Å²) >= 11 is 0.694. The van der Waals surface area contributed by atoms with E-state index in [1.54, 1.807) is 113 Å². The molecule has 0 bridgehead atoms. The lowest BCUT2D eigenvalue weighted by Gasteiger charge is -2.35. The van der Waals surface area contributed by atoms with E-state index in [1.165, 1.54) is 78.6 Å². The molecule has 3 heterocycles. The molecule has 0 saturated carbocycles. The van der Waals surface area contributed by atoms with Crippen molar-refractivity contribution in [2.24, 2.45) is 35.0 Å². The van der Waals surface area contributed by atoms with Gasteiger partial charge < -0.3 is 127 Å². The second kappa shape index (κ2) is 53.8. The Morgan fingerprint density at radius 2 is 1.00 bits per heavy atom. The van der Waals surface area contributed by atoms with Crippen LogP contribution < -0.4 is 91.6 Å². The van der Waals surface area contributed by atoms with Crippen LogP contribution in [0.2, 0.25) is 0 Å². The first kappa shape index (κ1) is 110. The average Bonchev–Trinajstić information content (AvgIpc) is 1.59. The normalized spacial score (nSPS) is 23.0. The Bertz CT molecular complexity index is 5460. The summed E-state index contributed by atoms with van der Waals surface area (Å²) in [4.78, 5) is 262. The summed E-state index contributed by atoms with van der Waals surface area (Å²) in [5.74, 6) is -21.6. The number of aliphatic carboxylic acids is 1. The van der Waals surface area contributed by atoms with Gasteiger partial charge in [-0.1, -0.05) is 157 Å². The molecular weight excluding hydrogens is 1830 g/mol. The predicted molar refractivity (Wildman–Crippen MR) is 519 cm³/mol. The molecule has 16 amide bonds. The van der Waals surface area contributed by atoms with Crippen LogP contribution in [0.15, 0.2) is 152 Å². The van der Waals surface area contributed by atoms with Crippen molar-refractivity contribution in [1.82, 2.24) is 99.2 Å². The number of amides is 16. The number of aromatic amines is 2. The highest BCUT2D eigenvalue weighted by atomic mass is 32.2. The van der Waals surface area contributed by atoms with E-state index in [4.69, 9.17) is 22.6 Å². The van der Waals surface area contributed by atoms with Crippen LogP contribution in [-0.2, 0) is 114 Å². The molecule has 0 radical (unpaired) electrons. The minimum absolute atomic E-state index is 0.0118. The molecule has 140 heavy (non-hydrogen) atoms. The van der Waals surface area contributed by atoms with Crippen molar-refractivity contribution in [3.05, 3.63) is 180 Å². The van der Waals surface area contributed by atoms with Gasteiger partial charge in [0.1, 0.15) is 96.4 Å². The quantitative estimate of drug-likeness (QED) is 0.0157. The van der Waals surface area contributed by atoms with Gasteiger partial charge in [-0.25, -0.2) is 4.98 Å². The van der Waals surface area contributed by atoms with Gasteiger partial charge in [-0.15, -0.1) is 11.8 Å². The van der Waals surface area contributed by atoms with Gasteiger partial charge in [0.2, 0.25) is 94.5 Å². The van der Waals surface area contributed by atoms with Gasteiger partial charge >= 0.3 is 5.97 Å². The van der Waals surface area contributed by atoms with Crippen molar-refractivity contribution in [2.45, 2.75) is 210 Å². The van der Waals surface area contributed by atoms with Crippen LogP contribution in [0.3, 0.4) is 0 Å². The number of guanidine groups is 1. The molecule has 7 aromatic rings. The largest absolute Gasteiger partial charge is 0.508 e. The van der Waals surface area contributed by atoms with Crippen molar-refractivity contribution in [2.75, 3.05) is 45.3 Å². The Labute approximate surface area is 813 Å². The number of nitrogens with zero attached hydrogens (tertiary/aromatic N) is 3. The number of thioether (sulfide) groups is 1. The van der Waals surface area contributed by atoms with E-state index in [-0.39, 0.29) is 87.4 Å². The van der Waals surface area contributed by atoms with Crippen molar-refractivity contribution >= 4 is 129 Å². The first-order valence-corrected chi connectivity index (χ1v) is 47.1. The lowest BCUT2D eigenvalue weighted by atomic mass is 9.98. The topological polar surface area (TPSA) is 672 Å². The summed E-state index contributed by atoms with van der Waals surface area (Å²) in [6, 6.07) is 12.6. The van der Waals surface area contributed by atoms with Gasteiger partial charge in [0.15, 0.2) is 5.96 Å². The number of imidazole rings is 1. The number of nitrogens with two attached hydrogens (primary N) is 3. The number of carboxylic acids is 1. The van der Waals surface area contributed by atoms with Crippen molar-refractivity contribution in [1.29, 1.82) is 5.41 Å². The maximum absolute atomic E-state index is 15.6. The number of carbonyl (C=O) groups is 17. The molecule has 26 N–H and O–H groups in total. The van der Waals surface area contributed by atoms with E-state index in [0.29, 0.717) is 39.4 Å². The van der Waals surface area contributed by atoms with Gasteiger partial charge in [-0.2, -0.15) is 0 Å². The lowest BCUT2D eigenvalue weighted by Crippen LogP contribution is -2.62. The van der Waals surface area contributed by atoms with Gasteiger partial charge in [0, 0.05) is 87.5 Å². The minimum atomic E-state index is -2.09. The van der Waals surface area contributed by atoms with Crippen LogP contribution in [0, 0.1) is 23.2 Å². The van der Waals surface area contributed by atoms with Crippen LogP contribution in [-0.4, -0.2) is 282 Å². The summed E-state index contributed by atoms with van der Waals surface area (Å²) in [5.41, 5.74) is 21.5. The second-order valence-electron chi connectivity index (χ2n) is 35.5. The second-order valence-corrected chi connectivity index (χ2v) is 36.5. The minimum Gasteiger partial charge on any atom is -0.508 e. The van der Waals surface area contributed by atoms with Crippen LogP contribution >= 0.6 is 11.8 Å². The molecule has 15 atom stereocenters.